The van der Waals surface area contributed by atoms with E-state index in [0.29, 0.717) is 5.15 Å². The van der Waals surface area contributed by atoms with Crippen LogP contribution in [-0.4, -0.2) is 22.5 Å². The van der Waals surface area contributed by atoms with E-state index in [1.807, 2.05) is 43.7 Å². The number of aryl methyl sites for hydroxylation is 3. The maximum absolute atomic E-state index is 12.0. The zero-order chi connectivity index (χ0) is 16.7. The second-order valence-corrected chi connectivity index (χ2v) is 6.13. The Labute approximate surface area is 140 Å². The van der Waals surface area contributed by atoms with Crippen LogP contribution in [0.15, 0.2) is 30.6 Å². The molecule has 1 aromatic carbocycles. The lowest BCUT2D eigenvalue weighted by molar-refractivity contribution is 0.0962. The zero-order valence-corrected chi connectivity index (χ0v) is 14.3. The molecule has 0 atom stereocenters. The minimum atomic E-state index is -0.0586. The molecule has 0 bridgehead atoms. The molecule has 2 aromatic heterocycles. The van der Waals surface area contributed by atoms with Crippen LogP contribution in [0, 0.1) is 13.8 Å². The number of fused-ring (bicyclic) bond motifs is 1. The summed E-state index contributed by atoms with van der Waals surface area (Å²) in [5.74, 6) is -0.0586. The van der Waals surface area contributed by atoms with Crippen molar-refractivity contribution in [3.63, 3.8) is 0 Å². The van der Waals surface area contributed by atoms with E-state index in [0.717, 1.165) is 38.7 Å². The lowest BCUT2D eigenvalue weighted by Crippen LogP contribution is -2.20. The smallest absolute Gasteiger partial charge is 0.251 e. The van der Waals surface area contributed by atoms with E-state index in [2.05, 4.69) is 16.5 Å². The number of halogens is 1. The summed E-state index contributed by atoms with van der Waals surface area (Å²) >= 11 is 6.06. The van der Waals surface area contributed by atoms with Gasteiger partial charge in [0.25, 0.3) is 5.91 Å². The Morgan fingerprint density at radius 2 is 1.87 bits per heavy atom. The Hall–Kier alpha value is -2.33. The molecule has 1 N–H and O–H groups in total. The van der Waals surface area contributed by atoms with Gasteiger partial charge in [-0.15, -0.1) is 0 Å². The summed E-state index contributed by atoms with van der Waals surface area (Å²) < 4.78 is 2.03. The van der Waals surface area contributed by atoms with Gasteiger partial charge < -0.3 is 9.88 Å². The van der Waals surface area contributed by atoms with E-state index in [-0.39, 0.29) is 5.91 Å². The highest BCUT2D eigenvalue weighted by molar-refractivity contribution is 6.30. The Bertz CT molecular complexity index is 904. The average Bonchev–Trinajstić information content (AvgIpc) is 2.82. The first-order valence-electron chi connectivity index (χ1n) is 7.36. The maximum atomic E-state index is 12.0. The van der Waals surface area contributed by atoms with E-state index in [1.165, 1.54) is 0 Å². The first kappa shape index (κ1) is 15.6. The van der Waals surface area contributed by atoms with Crippen molar-refractivity contribution >= 4 is 28.4 Å². The van der Waals surface area contributed by atoms with Crippen molar-refractivity contribution < 1.29 is 4.79 Å². The molecule has 0 spiro atoms. The molecule has 0 saturated carbocycles. The molecule has 0 radical (unpaired) electrons. The molecular formula is C18H18ClN3O. The van der Waals surface area contributed by atoms with Crippen LogP contribution in [0.3, 0.4) is 0 Å². The van der Waals surface area contributed by atoms with Crippen LogP contribution >= 0.6 is 11.6 Å². The molecule has 3 aromatic rings. The van der Waals surface area contributed by atoms with Gasteiger partial charge in [-0.2, -0.15) is 0 Å². The van der Waals surface area contributed by atoms with E-state index in [9.17, 15) is 4.79 Å². The largest absolute Gasteiger partial charge is 0.355 e. The van der Waals surface area contributed by atoms with Crippen LogP contribution in [0.1, 0.15) is 21.5 Å². The fourth-order valence-electron chi connectivity index (χ4n) is 3.08. The molecule has 1 amide bonds. The number of carbonyl (C=O) groups is 1. The van der Waals surface area contributed by atoms with Crippen LogP contribution in [-0.2, 0) is 7.05 Å². The van der Waals surface area contributed by atoms with Gasteiger partial charge in [0.1, 0.15) is 5.15 Å². The Morgan fingerprint density at radius 1 is 1.22 bits per heavy atom. The second kappa shape index (κ2) is 5.70. The third kappa shape index (κ3) is 2.59. The van der Waals surface area contributed by atoms with Gasteiger partial charge in [0.2, 0.25) is 0 Å². The minimum absolute atomic E-state index is 0.0586. The Morgan fingerprint density at radius 3 is 2.48 bits per heavy atom. The number of nitrogens with one attached hydrogen (secondary N) is 1. The van der Waals surface area contributed by atoms with Gasteiger partial charge in [0, 0.05) is 36.8 Å². The van der Waals surface area contributed by atoms with E-state index >= 15 is 0 Å². The van der Waals surface area contributed by atoms with Crippen molar-refractivity contribution in [2.24, 2.45) is 7.05 Å². The molecule has 2 heterocycles. The quantitative estimate of drug-likeness (QED) is 0.726. The molecule has 0 aliphatic carbocycles. The molecular weight excluding hydrogens is 310 g/mol. The number of hydrogen-bond donors (Lipinski definition) is 1. The van der Waals surface area contributed by atoms with Crippen LogP contribution in [0.2, 0.25) is 5.15 Å². The fourth-order valence-corrected chi connectivity index (χ4v) is 3.24. The standard InChI is InChI=1S/C18H18ClN3O/c1-10-5-12(6-11(2)17(10)18(23)20-3)14-9-22(4)15-8-21-16(19)7-13(14)15/h5-9H,1-4H3,(H,20,23). The number of pyridine rings is 1. The topological polar surface area (TPSA) is 46.9 Å². The number of benzene rings is 1. The van der Waals surface area contributed by atoms with Crippen LogP contribution in [0.25, 0.3) is 22.0 Å². The molecule has 0 fully saturated rings. The lowest BCUT2D eigenvalue weighted by atomic mass is 9.95. The molecule has 0 aliphatic heterocycles. The molecule has 4 nitrogen and oxygen atoms in total. The summed E-state index contributed by atoms with van der Waals surface area (Å²) in [6.45, 7) is 3.92. The highest BCUT2D eigenvalue weighted by Crippen LogP contribution is 2.33. The number of amides is 1. The summed E-state index contributed by atoms with van der Waals surface area (Å²) in [6.07, 6.45) is 3.84. The van der Waals surface area contributed by atoms with Gasteiger partial charge in [-0.1, -0.05) is 23.7 Å². The van der Waals surface area contributed by atoms with Crippen LogP contribution in [0.5, 0.6) is 0 Å². The monoisotopic (exact) mass is 327 g/mol. The van der Waals surface area contributed by atoms with Crippen LogP contribution in [0.4, 0.5) is 0 Å². The highest BCUT2D eigenvalue weighted by atomic mass is 35.5. The zero-order valence-electron chi connectivity index (χ0n) is 13.6. The Kier molecular flexibility index (Phi) is 3.86. The minimum Gasteiger partial charge on any atom is -0.355 e. The van der Waals surface area contributed by atoms with Crippen molar-refractivity contribution in [1.29, 1.82) is 0 Å². The van der Waals surface area contributed by atoms with Crippen molar-refractivity contribution in [2.75, 3.05) is 7.05 Å². The fraction of sp³-hybridized carbons (Fsp3) is 0.222. The first-order valence-corrected chi connectivity index (χ1v) is 7.74. The van der Waals surface area contributed by atoms with Gasteiger partial charge in [0.05, 0.1) is 11.7 Å². The molecule has 0 aliphatic rings. The SMILES string of the molecule is CNC(=O)c1c(C)cc(-c2cn(C)c3cnc(Cl)cc23)cc1C. The third-order valence-electron chi connectivity index (χ3n) is 4.14. The van der Waals surface area contributed by atoms with Crippen molar-refractivity contribution in [1.82, 2.24) is 14.9 Å². The molecule has 3 rings (SSSR count). The molecule has 118 valence electrons. The summed E-state index contributed by atoms with van der Waals surface area (Å²) in [5, 5.41) is 4.22. The third-order valence-corrected chi connectivity index (χ3v) is 4.35. The van der Waals surface area contributed by atoms with E-state index in [1.54, 1.807) is 13.2 Å². The number of rotatable bonds is 2. The first-order chi connectivity index (χ1) is 10.9. The number of nitrogens with zero attached hydrogens (tertiary/aromatic N) is 2. The maximum Gasteiger partial charge on any atom is 0.251 e. The van der Waals surface area contributed by atoms with Crippen molar-refractivity contribution in [3.05, 3.63) is 52.4 Å². The van der Waals surface area contributed by atoms with Gasteiger partial charge in [-0.05, 0) is 36.6 Å². The lowest BCUT2D eigenvalue weighted by Gasteiger charge is -2.11. The molecule has 5 heteroatoms. The van der Waals surface area contributed by atoms with Gasteiger partial charge in [-0.3, -0.25) is 4.79 Å². The molecule has 23 heavy (non-hydrogen) atoms. The summed E-state index contributed by atoms with van der Waals surface area (Å²) in [7, 11) is 3.63. The molecule has 0 saturated heterocycles. The predicted octanol–water partition coefficient (Wildman–Crippen LogP) is 3.87. The van der Waals surface area contributed by atoms with E-state index in [4.69, 9.17) is 11.6 Å². The van der Waals surface area contributed by atoms with Gasteiger partial charge in [-0.25, -0.2) is 4.98 Å². The summed E-state index contributed by atoms with van der Waals surface area (Å²) in [5.41, 5.74) is 5.82. The summed E-state index contributed by atoms with van der Waals surface area (Å²) in [6, 6.07) is 5.96. The Balaban J connectivity index is 2.24. The number of hydrogen-bond acceptors (Lipinski definition) is 2. The predicted molar refractivity (Wildman–Crippen MR) is 94.0 cm³/mol. The van der Waals surface area contributed by atoms with Gasteiger partial charge in [0.15, 0.2) is 0 Å². The van der Waals surface area contributed by atoms with Gasteiger partial charge >= 0.3 is 0 Å². The van der Waals surface area contributed by atoms with E-state index < -0.39 is 0 Å². The number of carbonyl (C=O) groups excluding carboxylic acids is 1. The second-order valence-electron chi connectivity index (χ2n) is 5.74. The van der Waals surface area contributed by atoms with Crippen molar-refractivity contribution in [3.8, 4) is 11.1 Å². The average molecular weight is 328 g/mol. The normalized spacial score (nSPS) is 11.0. The van der Waals surface area contributed by atoms with Crippen molar-refractivity contribution in [2.45, 2.75) is 13.8 Å². The highest BCUT2D eigenvalue weighted by Gasteiger charge is 2.15. The number of aromatic nitrogens is 2. The van der Waals surface area contributed by atoms with Crippen LogP contribution < -0.4 is 5.32 Å². The molecule has 0 unspecified atom stereocenters. The summed E-state index contributed by atoms with van der Waals surface area (Å²) in [4.78, 5) is 16.2.